The first-order valence-electron chi connectivity index (χ1n) is 3.87. The van der Waals surface area contributed by atoms with Crippen LogP contribution in [-0.2, 0) is 0 Å². The number of fused-ring (bicyclic) bond motifs is 2. The molecule has 2 aliphatic heterocycles. The molecule has 0 spiro atoms. The van der Waals surface area contributed by atoms with Crippen LogP contribution in [0.25, 0.3) is 0 Å². The molecule has 52 valence electrons. The molecule has 2 heterocycles. The summed E-state index contributed by atoms with van der Waals surface area (Å²) in [6.07, 6.45) is 1.40. The normalized spacial score (nSPS) is 42.3. The molecule has 2 saturated heterocycles. The summed E-state index contributed by atoms with van der Waals surface area (Å²) in [5.41, 5.74) is 0. The number of likely N-dealkylation sites (tertiary alicyclic amines) is 1. The third-order valence-electron chi connectivity index (χ3n) is 2.58. The van der Waals surface area contributed by atoms with Crippen molar-refractivity contribution in [1.82, 2.24) is 10.2 Å². The summed E-state index contributed by atoms with van der Waals surface area (Å²) >= 11 is 0. The summed E-state index contributed by atoms with van der Waals surface area (Å²) in [6, 6.07) is 1.70. The Balaban J connectivity index is 2.01. The van der Waals surface area contributed by atoms with Gasteiger partial charge < -0.3 is 5.32 Å². The number of nitrogens with zero attached hydrogens (tertiary/aromatic N) is 1. The van der Waals surface area contributed by atoms with Gasteiger partial charge in [0, 0.05) is 25.2 Å². The molecule has 9 heavy (non-hydrogen) atoms. The van der Waals surface area contributed by atoms with E-state index in [2.05, 4.69) is 17.1 Å². The average Bonchev–Trinajstić information content (AvgIpc) is 2.45. The quantitative estimate of drug-likeness (QED) is 0.534. The third-order valence-corrected chi connectivity index (χ3v) is 2.58. The minimum atomic E-state index is 0.829. The van der Waals surface area contributed by atoms with E-state index in [1.807, 2.05) is 0 Å². The van der Waals surface area contributed by atoms with E-state index in [1.165, 1.54) is 26.1 Å². The van der Waals surface area contributed by atoms with Crippen LogP contribution in [0.2, 0.25) is 0 Å². The molecule has 2 rings (SSSR count). The van der Waals surface area contributed by atoms with E-state index < -0.39 is 0 Å². The summed E-state index contributed by atoms with van der Waals surface area (Å²) in [4.78, 5) is 2.57. The van der Waals surface area contributed by atoms with Crippen molar-refractivity contribution in [2.45, 2.75) is 25.4 Å². The number of hydrogen-bond donors (Lipinski definition) is 1. The van der Waals surface area contributed by atoms with Crippen molar-refractivity contribution in [3.05, 3.63) is 0 Å². The Kier molecular flexibility index (Phi) is 1.24. The van der Waals surface area contributed by atoms with E-state index in [0.29, 0.717) is 0 Å². The van der Waals surface area contributed by atoms with Crippen LogP contribution in [0.3, 0.4) is 0 Å². The van der Waals surface area contributed by atoms with E-state index in [4.69, 9.17) is 0 Å². The van der Waals surface area contributed by atoms with Gasteiger partial charge in [-0.15, -0.1) is 0 Å². The van der Waals surface area contributed by atoms with Gasteiger partial charge in [-0.05, 0) is 13.0 Å². The predicted octanol–water partition coefficient (Wildman–Crippen LogP) is 0.0524. The SMILES string of the molecule is CCN1CC2C[C@@H]1CN2. The molecule has 2 fully saturated rings. The van der Waals surface area contributed by atoms with Gasteiger partial charge in [0.25, 0.3) is 0 Å². The zero-order chi connectivity index (χ0) is 6.27. The molecule has 2 nitrogen and oxygen atoms in total. The first-order chi connectivity index (χ1) is 4.40. The second-order valence-electron chi connectivity index (χ2n) is 3.08. The second kappa shape index (κ2) is 1.96. The molecular weight excluding hydrogens is 112 g/mol. The van der Waals surface area contributed by atoms with Crippen LogP contribution in [-0.4, -0.2) is 36.6 Å². The second-order valence-corrected chi connectivity index (χ2v) is 3.08. The van der Waals surface area contributed by atoms with Gasteiger partial charge in [-0.1, -0.05) is 6.92 Å². The molecule has 0 amide bonds. The first-order valence-corrected chi connectivity index (χ1v) is 3.87. The van der Waals surface area contributed by atoms with Gasteiger partial charge in [-0.3, -0.25) is 4.90 Å². The highest BCUT2D eigenvalue weighted by molar-refractivity contribution is 4.96. The zero-order valence-electron chi connectivity index (χ0n) is 5.93. The molecule has 2 aliphatic rings. The maximum atomic E-state index is 3.48. The number of nitrogens with one attached hydrogen (secondary N) is 1. The zero-order valence-corrected chi connectivity index (χ0v) is 5.93. The maximum absolute atomic E-state index is 3.48. The summed E-state index contributed by atoms with van der Waals surface area (Å²) in [7, 11) is 0. The van der Waals surface area contributed by atoms with Gasteiger partial charge in [0.1, 0.15) is 0 Å². The molecule has 0 aromatic rings. The van der Waals surface area contributed by atoms with E-state index in [9.17, 15) is 0 Å². The van der Waals surface area contributed by atoms with Crippen molar-refractivity contribution < 1.29 is 0 Å². The van der Waals surface area contributed by atoms with Crippen molar-refractivity contribution in [2.75, 3.05) is 19.6 Å². The number of hydrogen-bond acceptors (Lipinski definition) is 2. The molecule has 2 bridgehead atoms. The van der Waals surface area contributed by atoms with Crippen LogP contribution in [0, 0.1) is 0 Å². The van der Waals surface area contributed by atoms with E-state index >= 15 is 0 Å². The maximum Gasteiger partial charge on any atom is 0.0236 e. The van der Waals surface area contributed by atoms with Gasteiger partial charge in [-0.2, -0.15) is 0 Å². The fraction of sp³-hybridized carbons (Fsp3) is 1.00. The van der Waals surface area contributed by atoms with Gasteiger partial charge in [0.05, 0.1) is 0 Å². The Morgan fingerprint density at radius 3 is 2.89 bits per heavy atom. The number of likely N-dealkylation sites (N-methyl/N-ethyl adjacent to an activating group) is 1. The highest BCUT2D eigenvalue weighted by atomic mass is 15.3. The van der Waals surface area contributed by atoms with Crippen LogP contribution in [0.4, 0.5) is 0 Å². The molecule has 1 unspecified atom stereocenters. The minimum Gasteiger partial charge on any atom is -0.311 e. The van der Waals surface area contributed by atoms with Gasteiger partial charge in [0.2, 0.25) is 0 Å². The molecule has 0 aromatic heterocycles. The van der Waals surface area contributed by atoms with E-state index in [1.54, 1.807) is 0 Å². The molecular formula is C7H14N2. The van der Waals surface area contributed by atoms with Crippen molar-refractivity contribution in [1.29, 1.82) is 0 Å². The number of rotatable bonds is 1. The summed E-state index contributed by atoms with van der Waals surface area (Å²) in [5.74, 6) is 0. The molecule has 0 aromatic carbocycles. The first kappa shape index (κ1) is 5.69. The fourth-order valence-corrected chi connectivity index (χ4v) is 2.03. The Hall–Kier alpha value is -0.0800. The van der Waals surface area contributed by atoms with Gasteiger partial charge in [0.15, 0.2) is 0 Å². The minimum absolute atomic E-state index is 0.829. The lowest BCUT2D eigenvalue weighted by atomic mass is 10.2. The highest BCUT2D eigenvalue weighted by Gasteiger charge is 2.35. The van der Waals surface area contributed by atoms with Crippen LogP contribution in [0.15, 0.2) is 0 Å². The lowest BCUT2D eigenvalue weighted by Crippen LogP contribution is -2.43. The Morgan fingerprint density at radius 2 is 2.56 bits per heavy atom. The Bertz CT molecular complexity index is 113. The predicted molar refractivity (Wildman–Crippen MR) is 37.4 cm³/mol. The monoisotopic (exact) mass is 126 g/mol. The standard InChI is InChI=1S/C7H14N2/c1-2-9-5-6-3-7(9)4-8-6/h6-8H,2-5H2,1H3/t6?,7-/m1/s1. The molecule has 1 N–H and O–H groups in total. The number of piperazine rings is 1. The summed E-state index contributed by atoms with van der Waals surface area (Å²) < 4.78 is 0. The molecule has 2 heteroatoms. The van der Waals surface area contributed by atoms with Crippen molar-refractivity contribution in [2.24, 2.45) is 0 Å². The van der Waals surface area contributed by atoms with E-state index in [0.717, 1.165) is 12.1 Å². The molecule has 0 aliphatic carbocycles. The third kappa shape index (κ3) is 0.775. The van der Waals surface area contributed by atoms with Crippen molar-refractivity contribution in [3.8, 4) is 0 Å². The summed E-state index contributed by atoms with van der Waals surface area (Å²) in [5, 5.41) is 3.48. The van der Waals surface area contributed by atoms with Crippen LogP contribution in [0.1, 0.15) is 13.3 Å². The Morgan fingerprint density at radius 1 is 1.67 bits per heavy atom. The lowest BCUT2D eigenvalue weighted by molar-refractivity contribution is 0.238. The largest absolute Gasteiger partial charge is 0.311 e. The molecule has 0 radical (unpaired) electrons. The van der Waals surface area contributed by atoms with Crippen LogP contribution in [0.5, 0.6) is 0 Å². The van der Waals surface area contributed by atoms with Gasteiger partial charge >= 0.3 is 0 Å². The molecule has 0 saturated carbocycles. The lowest BCUT2D eigenvalue weighted by Gasteiger charge is -2.25. The van der Waals surface area contributed by atoms with Crippen molar-refractivity contribution in [3.63, 3.8) is 0 Å². The highest BCUT2D eigenvalue weighted by Crippen LogP contribution is 2.21. The topological polar surface area (TPSA) is 15.3 Å². The van der Waals surface area contributed by atoms with E-state index in [-0.39, 0.29) is 0 Å². The smallest absolute Gasteiger partial charge is 0.0236 e. The van der Waals surface area contributed by atoms with Crippen molar-refractivity contribution >= 4 is 0 Å². The average molecular weight is 126 g/mol. The Labute approximate surface area is 56.2 Å². The fourth-order valence-electron chi connectivity index (χ4n) is 2.03. The van der Waals surface area contributed by atoms with Crippen LogP contribution >= 0.6 is 0 Å². The van der Waals surface area contributed by atoms with Crippen LogP contribution < -0.4 is 5.32 Å². The summed E-state index contributed by atoms with van der Waals surface area (Å²) in [6.45, 7) is 6.02. The molecule has 2 atom stereocenters. The van der Waals surface area contributed by atoms with Gasteiger partial charge in [-0.25, -0.2) is 0 Å².